The van der Waals surface area contributed by atoms with Gasteiger partial charge >= 0.3 is 0 Å². The number of hydrogen-bond acceptors (Lipinski definition) is 3. The van der Waals surface area contributed by atoms with Gasteiger partial charge in [-0.2, -0.15) is 0 Å². The number of nitrogens with zero attached hydrogens (tertiary/aromatic N) is 1. The highest BCUT2D eigenvalue weighted by atomic mass is 16.2. The fourth-order valence-electron chi connectivity index (χ4n) is 5.42. The Morgan fingerprint density at radius 3 is 2.29 bits per heavy atom. The molecule has 3 N–H and O–H groups in total. The number of rotatable bonds is 5. The molecule has 35 heavy (non-hydrogen) atoms. The largest absolute Gasteiger partial charge is 0.349 e. The van der Waals surface area contributed by atoms with Crippen LogP contribution in [0.1, 0.15) is 52.8 Å². The van der Waals surface area contributed by atoms with E-state index in [-0.39, 0.29) is 11.8 Å². The first-order valence-corrected chi connectivity index (χ1v) is 12.4. The molecule has 0 aliphatic heterocycles. The Morgan fingerprint density at radius 2 is 1.54 bits per heavy atom. The van der Waals surface area contributed by atoms with Crippen LogP contribution in [0, 0.1) is 11.8 Å². The average Bonchev–Trinajstić information content (AvgIpc) is 3.30. The Bertz CT molecular complexity index is 1380. The molecule has 176 valence electrons. The Kier molecular flexibility index (Phi) is 5.57. The minimum Gasteiger partial charge on any atom is -0.349 e. The van der Waals surface area contributed by atoms with E-state index in [1.807, 2.05) is 60.7 Å². The zero-order valence-corrected chi connectivity index (χ0v) is 19.5. The van der Waals surface area contributed by atoms with Crippen molar-refractivity contribution in [1.29, 1.82) is 0 Å². The Hall–Kier alpha value is -3.93. The van der Waals surface area contributed by atoms with Crippen molar-refractivity contribution in [3.63, 3.8) is 0 Å². The number of H-pyrrole nitrogens is 1. The summed E-state index contributed by atoms with van der Waals surface area (Å²) < 4.78 is 0. The Morgan fingerprint density at radius 1 is 0.800 bits per heavy atom. The molecule has 3 aromatic carbocycles. The van der Waals surface area contributed by atoms with E-state index >= 15 is 0 Å². The van der Waals surface area contributed by atoms with E-state index in [4.69, 9.17) is 4.98 Å². The molecule has 3 atom stereocenters. The van der Waals surface area contributed by atoms with Crippen molar-refractivity contribution in [3.05, 3.63) is 83.9 Å². The minimum absolute atomic E-state index is 0.00253. The first-order valence-electron chi connectivity index (χ1n) is 12.4. The second-order valence-electron chi connectivity index (χ2n) is 9.80. The highest BCUT2D eigenvalue weighted by Crippen LogP contribution is 2.44. The standard InChI is InChI=1S/C29H28N4O2/c34-28(20-4-2-1-3-5-20)31-24-14-15-25-26(17-24)33-27(32-25)19-7-9-21(10-8-19)29(35)30-23-13-12-18-6-11-22(18)16-23/h1-5,7-10,14-15,17-18,22-23H,6,11-13,16H2,(H,30,35)(H,31,34)(H,32,33). The molecule has 0 saturated heterocycles. The van der Waals surface area contributed by atoms with Gasteiger partial charge in [-0.25, -0.2) is 4.98 Å². The maximum Gasteiger partial charge on any atom is 0.255 e. The molecule has 4 aromatic rings. The van der Waals surface area contributed by atoms with E-state index in [9.17, 15) is 9.59 Å². The van der Waals surface area contributed by atoms with Crippen molar-refractivity contribution in [1.82, 2.24) is 15.3 Å². The highest BCUT2D eigenvalue weighted by Gasteiger charge is 2.37. The summed E-state index contributed by atoms with van der Waals surface area (Å²) in [4.78, 5) is 33.3. The fraction of sp³-hybridized carbons (Fsp3) is 0.276. The van der Waals surface area contributed by atoms with Gasteiger partial charge in [0.1, 0.15) is 5.82 Å². The zero-order chi connectivity index (χ0) is 23.8. The SMILES string of the molecule is O=C(Nc1ccc2[nH]c(-c3ccc(C(=O)NC4CCC5CCC5C4)cc3)nc2c1)c1ccccc1. The van der Waals surface area contributed by atoms with E-state index in [0.717, 1.165) is 47.1 Å². The lowest BCUT2D eigenvalue weighted by Crippen LogP contribution is -2.43. The third-order valence-corrected chi connectivity index (χ3v) is 7.58. The van der Waals surface area contributed by atoms with Crippen LogP contribution in [0.2, 0.25) is 0 Å². The van der Waals surface area contributed by atoms with Gasteiger partial charge in [-0.15, -0.1) is 0 Å². The number of aromatic nitrogens is 2. The first kappa shape index (κ1) is 21.6. The second-order valence-corrected chi connectivity index (χ2v) is 9.80. The van der Waals surface area contributed by atoms with Crippen molar-refractivity contribution >= 4 is 28.5 Å². The number of nitrogens with one attached hydrogen (secondary N) is 3. The summed E-state index contributed by atoms with van der Waals surface area (Å²) in [7, 11) is 0. The average molecular weight is 465 g/mol. The lowest BCUT2D eigenvalue weighted by molar-refractivity contribution is 0.0767. The smallest absolute Gasteiger partial charge is 0.255 e. The van der Waals surface area contributed by atoms with Crippen LogP contribution < -0.4 is 10.6 Å². The van der Waals surface area contributed by atoms with Gasteiger partial charge in [0.15, 0.2) is 0 Å². The van der Waals surface area contributed by atoms with E-state index in [1.54, 1.807) is 12.1 Å². The molecular formula is C29H28N4O2. The lowest BCUT2D eigenvalue weighted by Gasteiger charge is -2.44. The van der Waals surface area contributed by atoms with Crippen LogP contribution in [0.15, 0.2) is 72.8 Å². The number of carbonyl (C=O) groups is 2. The maximum absolute atomic E-state index is 12.8. The van der Waals surface area contributed by atoms with Gasteiger partial charge in [-0.1, -0.05) is 30.3 Å². The van der Waals surface area contributed by atoms with Crippen LogP contribution in [0.4, 0.5) is 5.69 Å². The summed E-state index contributed by atoms with van der Waals surface area (Å²) >= 11 is 0. The first-order chi connectivity index (χ1) is 17.1. The summed E-state index contributed by atoms with van der Waals surface area (Å²) in [6.07, 6.45) is 6.17. The number of hydrogen-bond donors (Lipinski definition) is 3. The summed E-state index contributed by atoms with van der Waals surface area (Å²) in [6.45, 7) is 0. The van der Waals surface area contributed by atoms with Crippen molar-refractivity contribution in [3.8, 4) is 11.4 Å². The number of amides is 2. The van der Waals surface area contributed by atoms with Crippen molar-refractivity contribution in [2.24, 2.45) is 11.8 Å². The second kappa shape index (κ2) is 9.02. The van der Waals surface area contributed by atoms with Crippen LogP contribution >= 0.6 is 0 Å². The summed E-state index contributed by atoms with van der Waals surface area (Å²) in [5.41, 5.74) is 4.52. The number of aromatic amines is 1. The predicted octanol–water partition coefficient (Wildman–Crippen LogP) is 5.79. The molecule has 6 rings (SSSR count). The van der Waals surface area contributed by atoms with Gasteiger partial charge in [0.25, 0.3) is 11.8 Å². The van der Waals surface area contributed by atoms with Crippen LogP contribution in [-0.2, 0) is 0 Å². The van der Waals surface area contributed by atoms with Gasteiger partial charge in [-0.05, 0) is 86.4 Å². The van der Waals surface area contributed by atoms with Crippen LogP contribution in [0.25, 0.3) is 22.4 Å². The highest BCUT2D eigenvalue weighted by molar-refractivity contribution is 6.05. The lowest BCUT2D eigenvalue weighted by atomic mass is 9.64. The zero-order valence-electron chi connectivity index (χ0n) is 19.5. The minimum atomic E-state index is -0.157. The third-order valence-electron chi connectivity index (χ3n) is 7.58. The molecule has 2 saturated carbocycles. The van der Waals surface area contributed by atoms with Crippen LogP contribution in [0.5, 0.6) is 0 Å². The summed E-state index contributed by atoms with van der Waals surface area (Å²) in [5.74, 6) is 2.29. The third kappa shape index (κ3) is 4.44. The molecule has 0 radical (unpaired) electrons. The van der Waals surface area contributed by atoms with Crippen molar-refractivity contribution in [2.45, 2.75) is 38.1 Å². The van der Waals surface area contributed by atoms with E-state index in [0.29, 0.717) is 22.9 Å². The molecule has 2 aliphatic carbocycles. The molecule has 2 aliphatic rings. The maximum atomic E-state index is 12.8. The number of carbonyl (C=O) groups excluding carboxylic acids is 2. The number of benzene rings is 3. The van der Waals surface area contributed by atoms with Gasteiger partial charge in [0.05, 0.1) is 11.0 Å². The van der Waals surface area contributed by atoms with Crippen molar-refractivity contribution < 1.29 is 9.59 Å². The topological polar surface area (TPSA) is 86.9 Å². The molecule has 3 unspecified atom stereocenters. The van der Waals surface area contributed by atoms with Gasteiger partial charge < -0.3 is 15.6 Å². The normalized spacial score (nSPS) is 21.1. The van der Waals surface area contributed by atoms with Crippen LogP contribution in [0.3, 0.4) is 0 Å². The van der Waals surface area contributed by atoms with Gasteiger partial charge in [-0.3, -0.25) is 9.59 Å². The molecule has 1 aromatic heterocycles. The number of imidazole rings is 1. The number of fused-ring (bicyclic) bond motifs is 2. The van der Waals surface area contributed by atoms with E-state index in [1.165, 1.54) is 19.3 Å². The fourth-order valence-corrected chi connectivity index (χ4v) is 5.42. The monoisotopic (exact) mass is 464 g/mol. The molecule has 6 nitrogen and oxygen atoms in total. The van der Waals surface area contributed by atoms with Gasteiger partial charge in [0.2, 0.25) is 0 Å². The van der Waals surface area contributed by atoms with Crippen molar-refractivity contribution in [2.75, 3.05) is 5.32 Å². The number of anilines is 1. The molecule has 6 heteroatoms. The summed E-state index contributed by atoms with van der Waals surface area (Å²) in [5, 5.41) is 6.16. The predicted molar refractivity (Wildman–Crippen MR) is 137 cm³/mol. The quantitative estimate of drug-likeness (QED) is 0.349. The molecule has 2 amide bonds. The summed E-state index contributed by atoms with van der Waals surface area (Å²) in [6, 6.07) is 22.6. The molecule has 2 fully saturated rings. The molecule has 0 bridgehead atoms. The van der Waals surface area contributed by atoms with Crippen LogP contribution in [-0.4, -0.2) is 27.8 Å². The van der Waals surface area contributed by atoms with E-state index in [2.05, 4.69) is 15.6 Å². The Balaban J connectivity index is 1.13. The molecular weight excluding hydrogens is 436 g/mol. The molecule has 0 spiro atoms. The Labute approximate surface area is 204 Å². The van der Waals surface area contributed by atoms with E-state index < -0.39 is 0 Å². The molecule has 1 heterocycles. The van der Waals surface area contributed by atoms with Gasteiger partial charge in [0, 0.05) is 28.4 Å².